The standard InChI is InChI=1S/C36H34F2N6O9S/c1-36(2,3)34(49)40-20-8-12-22(13-9-20)54(51,52)42-27-17-25(37)23(15-26(27)38)31(45)41-28(33(47)48)14-19-6-10-21(11-7-19)44-32(46)24-16-30(53-5)39-18-29(24)43(4)35(44)50/h6-13,15-18,28,42H,14H2,1-5H3,(H,40,49)(H,41,45)(H,47,48)/t28-/m0/s1. The fourth-order valence-corrected chi connectivity index (χ4v) is 6.22. The van der Waals surface area contributed by atoms with Gasteiger partial charge in [-0.2, -0.15) is 0 Å². The zero-order chi connectivity index (χ0) is 39.7. The van der Waals surface area contributed by atoms with Crippen LogP contribution in [0.3, 0.4) is 0 Å². The van der Waals surface area contributed by atoms with E-state index in [1.807, 2.05) is 4.72 Å². The lowest BCUT2D eigenvalue weighted by Gasteiger charge is -2.18. The summed E-state index contributed by atoms with van der Waals surface area (Å²) in [4.78, 5) is 67.3. The van der Waals surface area contributed by atoms with Crippen LogP contribution in [-0.4, -0.2) is 58.6 Å². The van der Waals surface area contributed by atoms with Gasteiger partial charge in [-0.3, -0.25) is 23.7 Å². The number of carbonyl (C=O) groups excluding carboxylic acids is 2. The van der Waals surface area contributed by atoms with E-state index in [0.29, 0.717) is 23.4 Å². The van der Waals surface area contributed by atoms with E-state index < -0.39 is 67.5 Å². The van der Waals surface area contributed by atoms with Gasteiger partial charge < -0.3 is 20.5 Å². The number of sulfonamides is 1. The van der Waals surface area contributed by atoms with Crippen molar-refractivity contribution in [2.75, 3.05) is 17.1 Å². The van der Waals surface area contributed by atoms with Gasteiger partial charge in [0.25, 0.3) is 21.5 Å². The molecule has 0 fully saturated rings. The van der Waals surface area contributed by atoms with Crippen LogP contribution in [0.1, 0.15) is 36.7 Å². The summed E-state index contributed by atoms with van der Waals surface area (Å²) in [5.41, 5.74) is -2.67. The van der Waals surface area contributed by atoms with E-state index >= 15 is 8.78 Å². The maximum Gasteiger partial charge on any atom is 0.335 e. The molecule has 0 aliphatic rings. The molecule has 5 rings (SSSR count). The summed E-state index contributed by atoms with van der Waals surface area (Å²) in [6, 6.07) is 11.2. The number of hydrogen-bond donors (Lipinski definition) is 4. The summed E-state index contributed by atoms with van der Waals surface area (Å²) < 4.78 is 65.2. The van der Waals surface area contributed by atoms with Gasteiger partial charge in [-0.25, -0.2) is 36.3 Å². The number of aromatic nitrogens is 3. The van der Waals surface area contributed by atoms with Gasteiger partial charge in [0.05, 0.1) is 46.0 Å². The first kappa shape index (κ1) is 38.8. The van der Waals surface area contributed by atoms with E-state index in [4.69, 9.17) is 4.74 Å². The van der Waals surface area contributed by atoms with E-state index in [-0.39, 0.29) is 39.7 Å². The second-order valence-electron chi connectivity index (χ2n) is 13.1. The minimum absolute atomic E-state index is 0.157. The van der Waals surface area contributed by atoms with Crippen molar-refractivity contribution in [1.29, 1.82) is 0 Å². The molecule has 15 nitrogen and oxygen atoms in total. The second-order valence-corrected chi connectivity index (χ2v) is 14.8. The molecule has 2 heterocycles. The molecule has 0 radical (unpaired) electrons. The number of hydrogen-bond acceptors (Lipinski definition) is 9. The van der Waals surface area contributed by atoms with Gasteiger partial charge in [0.15, 0.2) is 0 Å². The number of anilines is 2. The molecule has 0 saturated carbocycles. The molecule has 18 heteroatoms. The summed E-state index contributed by atoms with van der Waals surface area (Å²) >= 11 is 0. The summed E-state index contributed by atoms with van der Waals surface area (Å²) in [6.45, 7) is 5.09. The summed E-state index contributed by atoms with van der Waals surface area (Å²) in [5, 5.41) is 14.7. The predicted octanol–water partition coefficient (Wildman–Crippen LogP) is 3.58. The van der Waals surface area contributed by atoms with E-state index in [1.54, 1.807) is 20.8 Å². The monoisotopic (exact) mass is 764 g/mol. The van der Waals surface area contributed by atoms with Crippen LogP contribution in [-0.2, 0) is 33.1 Å². The summed E-state index contributed by atoms with van der Waals surface area (Å²) in [5.74, 6) is -5.64. The third kappa shape index (κ3) is 8.12. The van der Waals surface area contributed by atoms with Gasteiger partial charge in [0.1, 0.15) is 17.7 Å². The van der Waals surface area contributed by atoms with Crippen molar-refractivity contribution in [3.8, 4) is 11.6 Å². The van der Waals surface area contributed by atoms with Crippen molar-refractivity contribution >= 4 is 50.1 Å². The fraction of sp³-hybridized carbons (Fsp3) is 0.222. The number of aryl methyl sites for hydroxylation is 1. The van der Waals surface area contributed by atoms with Gasteiger partial charge in [-0.15, -0.1) is 0 Å². The number of nitrogens with one attached hydrogen (secondary N) is 3. The molecular weight excluding hydrogens is 730 g/mol. The zero-order valence-electron chi connectivity index (χ0n) is 29.4. The van der Waals surface area contributed by atoms with Crippen molar-refractivity contribution in [3.63, 3.8) is 0 Å². The highest BCUT2D eigenvalue weighted by molar-refractivity contribution is 7.92. The predicted molar refractivity (Wildman–Crippen MR) is 193 cm³/mol. The number of fused-ring (bicyclic) bond motifs is 1. The van der Waals surface area contributed by atoms with Crippen molar-refractivity contribution < 1.29 is 41.4 Å². The Balaban J connectivity index is 1.30. The molecule has 54 heavy (non-hydrogen) atoms. The highest BCUT2D eigenvalue weighted by Gasteiger charge is 2.26. The quantitative estimate of drug-likeness (QED) is 0.154. The first-order chi connectivity index (χ1) is 25.3. The minimum Gasteiger partial charge on any atom is -0.481 e. The van der Waals surface area contributed by atoms with Crippen LogP contribution in [0.5, 0.6) is 5.88 Å². The van der Waals surface area contributed by atoms with Crippen molar-refractivity contribution in [2.45, 2.75) is 38.1 Å². The average Bonchev–Trinajstić information content (AvgIpc) is 3.11. The Kier molecular flexibility index (Phi) is 10.7. The molecular formula is C36H34F2N6O9S. The molecule has 0 aliphatic carbocycles. The highest BCUT2D eigenvalue weighted by atomic mass is 32.2. The lowest BCUT2D eigenvalue weighted by atomic mass is 9.95. The molecule has 0 unspecified atom stereocenters. The largest absolute Gasteiger partial charge is 0.481 e. The van der Waals surface area contributed by atoms with Crippen LogP contribution in [0.25, 0.3) is 16.6 Å². The number of pyridine rings is 1. The molecule has 0 aliphatic heterocycles. The van der Waals surface area contributed by atoms with E-state index in [1.165, 1.54) is 67.4 Å². The van der Waals surface area contributed by atoms with E-state index in [2.05, 4.69) is 15.6 Å². The molecule has 4 N–H and O–H groups in total. The average molecular weight is 765 g/mol. The van der Waals surface area contributed by atoms with Gasteiger partial charge >= 0.3 is 11.7 Å². The van der Waals surface area contributed by atoms with E-state index in [0.717, 1.165) is 16.7 Å². The first-order valence-electron chi connectivity index (χ1n) is 16.0. The minimum atomic E-state index is -4.46. The van der Waals surface area contributed by atoms with Crippen LogP contribution in [0, 0.1) is 17.0 Å². The smallest absolute Gasteiger partial charge is 0.335 e. The molecule has 2 amide bonds. The van der Waals surface area contributed by atoms with Gasteiger partial charge in [0, 0.05) is 36.7 Å². The SMILES string of the molecule is COc1cc2c(=O)n(-c3ccc(C[C@H](NC(=O)c4cc(F)c(NS(=O)(=O)c5ccc(NC(=O)C(C)(C)C)cc5)cc4F)C(=O)O)cc3)c(=O)n(C)c2cn1. The second kappa shape index (κ2) is 14.9. The Morgan fingerprint density at radius 1 is 0.963 bits per heavy atom. The van der Waals surface area contributed by atoms with Crippen LogP contribution >= 0.6 is 0 Å². The van der Waals surface area contributed by atoms with Gasteiger partial charge in [-0.1, -0.05) is 32.9 Å². The number of amides is 2. The Morgan fingerprint density at radius 3 is 2.20 bits per heavy atom. The van der Waals surface area contributed by atoms with Crippen LogP contribution in [0.15, 0.2) is 87.4 Å². The third-order valence-corrected chi connectivity index (χ3v) is 9.61. The van der Waals surface area contributed by atoms with E-state index in [9.17, 15) is 37.5 Å². The number of benzene rings is 3. The van der Waals surface area contributed by atoms with Crippen LogP contribution in [0.2, 0.25) is 0 Å². The maximum atomic E-state index is 15.1. The van der Waals surface area contributed by atoms with Gasteiger partial charge in [-0.05, 0) is 48.0 Å². The lowest BCUT2D eigenvalue weighted by Crippen LogP contribution is -2.42. The topological polar surface area (TPSA) is 208 Å². The fourth-order valence-electron chi connectivity index (χ4n) is 5.16. The molecule has 5 aromatic rings. The zero-order valence-corrected chi connectivity index (χ0v) is 30.2. The van der Waals surface area contributed by atoms with Crippen molar-refractivity contribution in [1.82, 2.24) is 19.4 Å². The number of rotatable bonds is 11. The Morgan fingerprint density at radius 2 is 1.61 bits per heavy atom. The molecule has 282 valence electrons. The normalized spacial score (nSPS) is 12.2. The summed E-state index contributed by atoms with van der Waals surface area (Å²) in [7, 11) is -1.62. The number of methoxy groups -OCH3 is 1. The van der Waals surface area contributed by atoms with Gasteiger partial charge in [0.2, 0.25) is 11.8 Å². The number of carbonyl (C=O) groups is 3. The summed E-state index contributed by atoms with van der Waals surface area (Å²) in [6.07, 6.45) is 0.996. The molecule has 0 saturated heterocycles. The Hall–Kier alpha value is -6.43. The first-order valence-corrected chi connectivity index (χ1v) is 17.5. The number of halogens is 2. The maximum absolute atomic E-state index is 15.1. The molecule has 0 spiro atoms. The van der Waals surface area contributed by atoms with Crippen LogP contribution < -0.4 is 31.3 Å². The molecule has 3 aromatic carbocycles. The highest BCUT2D eigenvalue weighted by Crippen LogP contribution is 2.25. The number of nitrogens with zero attached hydrogens (tertiary/aromatic N) is 3. The molecule has 0 bridgehead atoms. The van der Waals surface area contributed by atoms with Crippen LogP contribution in [0.4, 0.5) is 20.2 Å². The molecule has 2 aromatic heterocycles. The van der Waals surface area contributed by atoms with Crippen molar-refractivity contribution in [2.24, 2.45) is 12.5 Å². The number of ether oxygens (including phenoxy) is 1. The lowest BCUT2D eigenvalue weighted by molar-refractivity contribution is -0.139. The Labute approximate surface area is 306 Å². The number of carboxylic acid groups (broad SMARTS) is 1. The molecule has 1 atom stereocenters. The number of carboxylic acids is 1. The third-order valence-electron chi connectivity index (χ3n) is 8.23. The Bertz CT molecular complexity index is 2530. The van der Waals surface area contributed by atoms with Crippen molar-refractivity contribution in [3.05, 3.63) is 117 Å². The number of aliphatic carboxylic acids is 1.